The molecule has 27 heavy (non-hydrogen) atoms. The number of nitrogens with one attached hydrogen (secondary N) is 4. The highest BCUT2D eigenvalue weighted by atomic mass is 19.1. The fourth-order valence-electron chi connectivity index (χ4n) is 3.94. The summed E-state index contributed by atoms with van der Waals surface area (Å²) in [6.45, 7) is 4.71. The molecule has 0 bridgehead atoms. The molecule has 6 nitrogen and oxygen atoms in total. The SMILES string of the molecule is Cc1ncc2c(c1CNC(=O)C1CNNC1c1cccc(F)c1)CCNC2. The van der Waals surface area contributed by atoms with E-state index >= 15 is 0 Å². The highest BCUT2D eigenvalue weighted by molar-refractivity contribution is 5.80. The van der Waals surface area contributed by atoms with Crippen LogP contribution in [0.4, 0.5) is 4.39 Å². The summed E-state index contributed by atoms with van der Waals surface area (Å²) in [6.07, 6.45) is 2.87. The molecule has 2 atom stereocenters. The van der Waals surface area contributed by atoms with Crippen LogP contribution in [0.1, 0.15) is 34.0 Å². The lowest BCUT2D eigenvalue weighted by atomic mass is 9.93. The highest BCUT2D eigenvalue weighted by Crippen LogP contribution is 2.26. The van der Waals surface area contributed by atoms with Crippen LogP contribution < -0.4 is 21.5 Å². The molecule has 1 fully saturated rings. The van der Waals surface area contributed by atoms with E-state index in [1.54, 1.807) is 6.07 Å². The zero-order chi connectivity index (χ0) is 18.8. The largest absolute Gasteiger partial charge is 0.352 e. The van der Waals surface area contributed by atoms with Crippen molar-refractivity contribution in [2.45, 2.75) is 32.5 Å². The van der Waals surface area contributed by atoms with Crippen LogP contribution in [0.2, 0.25) is 0 Å². The van der Waals surface area contributed by atoms with E-state index in [9.17, 15) is 9.18 Å². The van der Waals surface area contributed by atoms with Crippen molar-refractivity contribution < 1.29 is 9.18 Å². The van der Waals surface area contributed by atoms with Gasteiger partial charge in [-0.1, -0.05) is 12.1 Å². The monoisotopic (exact) mass is 369 g/mol. The smallest absolute Gasteiger partial charge is 0.226 e. The molecule has 142 valence electrons. The molecule has 1 saturated heterocycles. The van der Waals surface area contributed by atoms with Gasteiger partial charge in [-0.15, -0.1) is 0 Å². The van der Waals surface area contributed by atoms with Gasteiger partial charge in [-0.3, -0.25) is 15.2 Å². The second-order valence-electron chi connectivity index (χ2n) is 7.13. The van der Waals surface area contributed by atoms with Crippen LogP contribution in [-0.4, -0.2) is 24.0 Å². The molecule has 1 aromatic carbocycles. The van der Waals surface area contributed by atoms with E-state index in [0.717, 1.165) is 36.3 Å². The van der Waals surface area contributed by atoms with Gasteiger partial charge in [-0.2, -0.15) is 0 Å². The average Bonchev–Trinajstić information content (AvgIpc) is 3.17. The maximum Gasteiger partial charge on any atom is 0.226 e. The van der Waals surface area contributed by atoms with Gasteiger partial charge in [-0.25, -0.2) is 9.82 Å². The Hall–Kier alpha value is -2.35. The maximum absolute atomic E-state index is 13.6. The van der Waals surface area contributed by atoms with Crippen molar-refractivity contribution in [3.05, 3.63) is 64.2 Å². The van der Waals surface area contributed by atoms with Crippen LogP contribution in [-0.2, 0) is 24.3 Å². The molecule has 4 rings (SSSR count). The van der Waals surface area contributed by atoms with Crippen molar-refractivity contribution in [2.24, 2.45) is 5.92 Å². The zero-order valence-corrected chi connectivity index (χ0v) is 15.3. The molecule has 3 heterocycles. The Morgan fingerprint density at radius 3 is 3.15 bits per heavy atom. The Morgan fingerprint density at radius 2 is 2.30 bits per heavy atom. The summed E-state index contributed by atoms with van der Waals surface area (Å²) in [6, 6.07) is 6.12. The summed E-state index contributed by atoms with van der Waals surface area (Å²) in [7, 11) is 0. The van der Waals surface area contributed by atoms with E-state index in [2.05, 4.69) is 26.5 Å². The fourth-order valence-corrected chi connectivity index (χ4v) is 3.94. The van der Waals surface area contributed by atoms with E-state index in [0.29, 0.717) is 13.1 Å². The van der Waals surface area contributed by atoms with Crippen molar-refractivity contribution >= 4 is 5.91 Å². The first-order valence-corrected chi connectivity index (χ1v) is 9.32. The van der Waals surface area contributed by atoms with Crippen molar-refractivity contribution in [1.82, 2.24) is 26.5 Å². The molecule has 2 aliphatic rings. The summed E-state index contributed by atoms with van der Waals surface area (Å²) in [5.74, 6) is -0.652. The number of rotatable bonds is 4. The predicted molar refractivity (Wildman–Crippen MR) is 100 cm³/mol. The van der Waals surface area contributed by atoms with E-state index in [1.807, 2.05) is 19.2 Å². The van der Waals surface area contributed by atoms with Gasteiger partial charge in [0, 0.05) is 31.5 Å². The van der Waals surface area contributed by atoms with Crippen LogP contribution in [0.3, 0.4) is 0 Å². The first-order chi connectivity index (χ1) is 13.1. The zero-order valence-electron chi connectivity index (χ0n) is 15.3. The number of aryl methyl sites for hydroxylation is 1. The summed E-state index contributed by atoms with van der Waals surface area (Å²) in [5, 5.41) is 6.42. The van der Waals surface area contributed by atoms with Crippen LogP contribution in [0, 0.1) is 18.7 Å². The molecule has 0 aliphatic carbocycles. The lowest BCUT2D eigenvalue weighted by Gasteiger charge is -2.23. The van der Waals surface area contributed by atoms with Gasteiger partial charge in [0.2, 0.25) is 5.91 Å². The molecule has 2 aromatic rings. The Balaban J connectivity index is 1.48. The van der Waals surface area contributed by atoms with Crippen molar-refractivity contribution in [3.63, 3.8) is 0 Å². The third-order valence-electron chi connectivity index (χ3n) is 5.44. The lowest BCUT2D eigenvalue weighted by Crippen LogP contribution is -2.35. The number of nitrogens with zero attached hydrogens (tertiary/aromatic N) is 1. The molecule has 4 N–H and O–H groups in total. The summed E-state index contributed by atoms with van der Waals surface area (Å²) >= 11 is 0. The van der Waals surface area contributed by atoms with Crippen molar-refractivity contribution in [1.29, 1.82) is 0 Å². The summed E-state index contributed by atoms with van der Waals surface area (Å²) < 4.78 is 13.6. The van der Waals surface area contributed by atoms with Crippen LogP contribution in [0.5, 0.6) is 0 Å². The number of halogens is 1. The minimum Gasteiger partial charge on any atom is -0.352 e. The van der Waals surface area contributed by atoms with Gasteiger partial charge >= 0.3 is 0 Å². The third kappa shape index (κ3) is 3.71. The minimum atomic E-state index is -0.304. The van der Waals surface area contributed by atoms with Crippen LogP contribution in [0.25, 0.3) is 0 Å². The van der Waals surface area contributed by atoms with Gasteiger partial charge in [0.1, 0.15) is 5.82 Å². The standard InChI is InChI=1S/C20H24FN5O/c1-12-17(16-5-6-22-8-14(16)9-23-12)10-24-20(27)18-11-25-26-19(18)13-3-2-4-15(21)7-13/h2-4,7,9,18-19,22,25-26H,5-6,8,10-11H2,1H3,(H,24,27). The van der Waals surface area contributed by atoms with Crippen LogP contribution in [0.15, 0.2) is 30.5 Å². The van der Waals surface area contributed by atoms with E-state index < -0.39 is 0 Å². The fraction of sp³-hybridized carbons (Fsp3) is 0.400. The third-order valence-corrected chi connectivity index (χ3v) is 5.44. The maximum atomic E-state index is 13.6. The normalized spacial score (nSPS) is 21.7. The number of hydrogen-bond donors (Lipinski definition) is 4. The second kappa shape index (κ2) is 7.72. The molecule has 0 radical (unpaired) electrons. The Labute approximate surface area is 157 Å². The lowest BCUT2D eigenvalue weighted by molar-refractivity contribution is -0.125. The molecule has 0 saturated carbocycles. The Bertz CT molecular complexity index is 856. The topological polar surface area (TPSA) is 78.1 Å². The number of hydrazine groups is 1. The van der Waals surface area contributed by atoms with E-state index in [-0.39, 0.29) is 23.7 Å². The molecule has 2 unspecified atom stereocenters. The molecule has 7 heteroatoms. The van der Waals surface area contributed by atoms with E-state index in [4.69, 9.17) is 0 Å². The summed E-state index contributed by atoms with van der Waals surface area (Å²) in [5.41, 5.74) is 11.5. The Morgan fingerprint density at radius 1 is 1.41 bits per heavy atom. The molecular formula is C20H24FN5O. The number of carbonyl (C=O) groups excluding carboxylic acids is 1. The predicted octanol–water partition coefficient (Wildman–Crippen LogP) is 1.26. The highest BCUT2D eigenvalue weighted by Gasteiger charge is 2.34. The van der Waals surface area contributed by atoms with Crippen molar-refractivity contribution in [2.75, 3.05) is 13.1 Å². The molecule has 2 aliphatic heterocycles. The first-order valence-electron chi connectivity index (χ1n) is 9.32. The van der Waals surface area contributed by atoms with Gasteiger partial charge in [-0.05, 0) is 54.3 Å². The average molecular weight is 369 g/mol. The number of aromatic nitrogens is 1. The Kier molecular flexibility index (Phi) is 5.15. The van der Waals surface area contributed by atoms with Crippen molar-refractivity contribution in [3.8, 4) is 0 Å². The molecular weight excluding hydrogens is 345 g/mol. The number of pyridine rings is 1. The number of fused-ring (bicyclic) bond motifs is 1. The molecule has 1 aromatic heterocycles. The number of hydrogen-bond acceptors (Lipinski definition) is 5. The number of carbonyl (C=O) groups is 1. The second-order valence-corrected chi connectivity index (χ2v) is 7.13. The minimum absolute atomic E-state index is 0.0484. The first kappa shape index (κ1) is 18.0. The van der Waals surface area contributed by atoms with E-state index in [1.165, 1.54) is 23.3 Å². The number of benzene rings is 1. The quantitative estimate of drug-likeness (QED) is 0.653. The molecule has 0 spiro atoms. The number of amides is 1. The van der Waals surface area contributed by atoms with Gasteiger partial charge in [0.05, 0.1) is 12.0 Å². The molecule has 1 amide bonds. The van der Waals surface area contributed by atoms with Crippen LogP contribution >= 0.6 is 0 Å². The van der Waals surface area contributed by atoms with Gasteiger partial charge in [0.15, 0.2) is 0 Å². The summed E-state index contributed by atoms with van der Waals surface area (Å²) in [4.78, 5) is 17.3. The van der Waals surface area contributed by atoms with Gasteiger partial charge < -0.3 is 10.6 Å². The van der Waals surface area contributed by atoms with Gasteiger partial charge in [0.25, 0.3) is 0 Å².